The maximum Gasteiger partial charge on any atom is 0.243 e. The zero-order valence-electron chi connectivity index (χ0n) is 17.7. The van der Waals surface area contributed by atoms with Crippen LogP contribution in [0.2, 0.25) is 0 Å². The maximum atomic E-state index is 13.1. The third kappa shape index (κ3) is 5.30. The van der Waals surface area contributed by atoms with Gasteiger partial charge in [0, 0.05) is 36.3 Å². The number of fused-ring (bicyclic) bond motifs is 1. The van der Waals surface area contributed by atoms with Gasteiger partial charge in [0.05, 0.1) is 4.90 Å². The molecule has 1 fully saturated rings. The van der Waals surface area contributed by atoms with E-state index in [0.717, 1.165) is 37.0 Å². The van der Waals surface area contributed by atoms with Crippen molar-refractivity contribution in [3.05, 3.63) is 29.3 Å². The van der Waals surface area contributed by atoms with E-state index >= 15 is 0 Å². The molecule has 0 saturated carbocycles. The standard InChI is InChI=1S/C21H28N4O3S3/c1-2-13-29-21-23-20(30-24-21)22-19(26)16-9-11-25(12-10-16)31(27,28)18-8-7-15-5-3-4-6-17(15)14-18/h7-8,14,16H,2-6,9-13H2,1H3,(H,22,23,24,26). The summed E-state index contributed by atoms with van der Waals surface area (Å²) < 4.78 is 32.0. The monoisotopic (exact) mass is 480 g/mol. The number of thioether (sulfide) groups is 1. The lowest BCUT2D eigenvalue weighted by molar-refractivity contribution is -0.120. The van der Waals surface area contributed by atoms with Gasteiger partial charge >= 0.3 is 0 Å². The number of hydrogen-bond donors (Lipinski definition) is 1. The van der Waals surface area contributed by atoms with Crippen LogP contribution in [0.4, 0.5) is 5.13 Å². The van der Waals surface area contributed by atoms with E-state index in [0.29, 0.717) is 41.1 Å². The first-order valence-electron chi connectivity index (χ1n) is 10.9. The molecule has 0 unspecified atom stereocenters. The lowest BCUT2D eigenvalue weighted by Crippen LogP contribution is -2.41. The second-order valence-corrected chi connectivity index (χ2v) is 11.8. The van der Waals surface area contributed by atoms with E-state index in [-0.39, 0.29) is 11.8 Å². The molecule has 1 aliphatic heterocycles. The van der Waals surface area contributed by atoms with Crippen LogP contribution >= 0.6 is 23.3 Å². The topological polar surface area (TPSA) is 92.3 Å². The van der Waals surface area contributed by atoms with E-state index < -0.39 is 10.0 Å². The Bertz CT molecular complexity index is 1030. The highest BCUT2D eigenvalue weighted by Gasteiger charge is 2.32. The summed E-state index contributed by atoms with van der Waals surface area (Å²) in [5.74, 6) is 0.626. The van der Waals surface area contributed by atoms with Crippen molar-refractivity contribution in [2.45, 2.75) is 61.9 Å². The van der Waals surface area contributed by atoms with Gasteiger partial charge in [0.25, 0.3) is 0 Å². The van der Waals surface area contributed by atoms with Gasteiger partial charge in [0.15, 0.2) is 0 Å². The highest BCUT2D eigenvalue weighted by atomic mass is 32.2. The zero-order valence-corrected chi connectivity index (χ0v) is 20.1. The Balaban J connectivity index is 1.34. The van der Waals surface area contributed by atoms with Crippen molar-refractivity contribution in [1.82, 2.24) is 13.7 Å². The number of nitrogens with one attached hydrogen (secondary N) is 1. The molecule has 168 valence electrons. The molecule has 1 aromatic heterocycles. The Kier molecular flexibility index (Phi) is 7.30. The summed E-state index contributed by atoms with van der Waals surface area (Å²) in [6.07, 6.45) is 6.32. The van der Waals surface area contributed by atoms with Gasteiger partial charge in [-0.1, -0.05) is 24.8 Å². The summed E-state index contributed by atoms with van der Waals surface area (Å²) in [4.78, 5) is 17.4. The Hall–Kier alpha value is -1.49. The number of piperidine rings is 1. The van der Waals surface area contributed by atoms with Crippen LogP contribution in [0.15, 0.2) is 28.3 Å². The van der Waals surface area contributed by atoms with Gasteiger partial charge in [-0.25, -0.2) is 8.42 Å². The second kappa shape index (κ2) is 9.97. The molecule has 0 bridgehead atoms. The molecule has 0 spiro atoms. The number of aryl methyl sites for hydroxylation is 2. The highest BCUT2D eigenvalue weighted by molar-refractivity contribution is 7.99. The molecule has 10 heteroatoms. The van der Waals surface area contributed by atoms with Crippen LogP contribution in [-0.4, -0.2) is 46.8 Å². The first kappa shape index (κ1) is 22.7. The first-order valence-corrected chi connectivity index (χ1v) is 14.1. The largest absolute Gasteiger partial charge is 0.300 e. The molecule has 2 heterocycles. The Morgan fingerprint density at radius 3 is 2.71 bits per heavy atom. The van der Waals surface area contributed by atoms with Crippen molar-refractivity contribution in [3.8, 4) is 0 Å². The summed E-state index contributed by atoms with van der Waals surface area (Å²) in [5.41, 5.74) is 2.43. The molecule has 1 N–H and O–H groups in total. The van der Waals surface area contributed by atoms with Crippen LogP contribution in [0.3, 0.4) is 0 Å². The first-order chi connectivity index (χ1) is 15.0. The number of amides is 1. The number of sulfonamides is 1. The summed E-state index contributed by atoms with van der Waals surface area (Å²) in [5, 5.41) is 4.05. The highest BCUT2D eigenvalue weighted by Crippen LogP contribution is 2.29. The molecular formula is C21H28N4O3S3. The Morgan fingerprint density at radius 1 is 1.23 bits per heavy atom. The molecule has 0 radical (unpaired) electrons. The van der Waals surface area contributed by atoms with E-state index in [2.05, 4.69) is 21.6 Å². The van der Waals surface area contributed by atoms with Crippen LogP contribution in [0.5, 0.6) is 0 Å². The molecule has 1 saturated heterocycles. The number of rotatable bonds is 7. The zero-order chi connectivity index (χ0) is 21.8. The van der Waals surface area contributed by atoms with Crippen LogP contribution in [0.1, 0.15) is 50.2 Å². The van der Waals surface area contributed by atoms with Crippen molar-refractivity contribution in [2.75, 3.05) is 24.2 Å². The number of anilines is 1. The van der Waals surface area contributed by atoms with E-state index in [1.807, 2.05) is 12.1 Å². The van der Waals surface area contributed by atoms with Crippen molar-refractivity contribution in [1.29, 1.82) is 0 Å². The van der Waals surface area contributed by atoms with E-state index in [1.165, 1.54) is 27.8 Å². The minimum absolute atomic E-state index is 0.103. The predicted molar refractivity (Wildman–Crippen MR) is 124 cm³/mol. The number of hydrogen-bond acceptors (Lipinski definition) is 7. The van der Waals surface area contributed by atoms with E-state index in [4.69, 9.17) is 0 Å². The molecule has 1 aromatic carbocycles. The van der Waals surface area contributed by atoms with Crippen LogP contribution < -0.4 is 5.32 Å². The SMILES string of the molecule is CCCSc1nsc(NC(=O)C2CCN(S(=O)(=O)c3ccc4c(c3)CCCC4)CC2)n1. The molecule has 2 aromatic rings. The fourth-order valence-electron chi connectivity index (χ4n) is 4.10. The van der Waals surface area contributed by atoms with Crippen molar-refractivity contribution in [2.24, 2.45) is 5.92 Å². The fourth-order valence-corrected chi connectivity index (χ4v) is 7.02. The number of benzene rings is 1. The Morgan fingerprint density at radius 2 is 1.97 bits per heavy atom. The van der Waals surface area contributed by atoms with Gasteiger partial charge in [-0.3, -0.25) is 4.79 Å². The van der Waals surface area contributed by atoms with Gasteiger partial charge in [0.1, 0.15) is 0 Å². The molecular weight excluding hydrogens is 452 g/mol. The number of nitrogens with zero attached hydrogens (tertiary/aromatic N) is 3. The predicted octanol–water partition coefficient (Wildman–Crippen LogP) is 3.96. The van der Waals surface area contributed by atoms with E-state index in [9.17, 15) is 13.2 Å². The molecule has 2 aliphatic rings. The number of carbonyl (C=O) groups excluding carboxylic acids is 1. The van der Waals surface area contributed by atoms with Crippen molar-refractivity contribution >= 4 is 44.4 Å². The average molecular weight is 481 g/mol. The normalized spacial score (nSPS) is 18.0. The van der Waals surface area contributed by atoms with Crippen LogP contribution in [0, 0.1) is 5.92 Å². The third-order valence-corrected chi connectivity index (χ3v) is 9.55. The lowest BCUT2D eigenvalue weighted by Gasteiger charge is -2.30. The Labute approximate surface area is 192 Å². The van der Waals surface area contributed by atoms with Gasteiger partial charge in [-0.05, 0) is 68.2 Å². The summed E-state index contributed by atoms with van der Waals surface area (Å²) in [7, 11) is -3.53. The van der Waals surface area contributed by atoms with Crippen LogP contribution in [0.25, 0.3) is 0 Å². The second-order valence-electron chi connectivity index (χ2n) is 8.04. The summed E-state index contributed by atoms with van der Waals surface area (Å²) >= 11 is 2.76. The summed E-state index contributed by atoms with van der Waals surface area (Å²) in [6, 6.07) is 5.56. The number of aromatic nitrogens is 2. The van der Waals surface area contributed by atoms with Gasteiger partial charge in [-0.15, -0.1) is 0 Å². The van der Waals surface area contributed by atoms with Crippen LogP contribution in [-0.2, 0) is 27.7 Å². The molecule has 7 nitrogen and oxygen atoms in total. The van der Waals surface area contributed by atoms with Gasteiger partial charge in [-0.2, -0.15) is 13.7 Å². The maximum absolute atomic E-state index is 13.1. The summed E-state index contributed by atoms with van der Waals surface area (Å²) in [6.45, 7) is 2.80. The minimum Gasteiger partial charge on any atom is -0.300 e. The van der Waals surface area contributed by atoms with Gasteiger partial charge < -0.3 is 5.32 Å². The minimum atomic E-state index is -3.53. The fraction of sp³-hybridized carbons (Fsp3) is 0.571. The third-order valence-electron chi connectivity index (χ3n) is 5.86. The molecule has 1 aliphatic carbocycles. The molecule has 0 atom stereocenters. The molecule has 4 rings (SSSR count). The van der Waals surface area contributed by atoms with Crippen molar-refractivity contribution < 1.29 is 13.2 Å². The number of carbonyl (C=O) groups is 1. The van der Waals surface area contributed by atoms with Gasteiger partial charge in [0.2, 0.25) is 26.2 Å². The smallest absolute Gasteiger partial charge is 0.243 e. The lowest BCUT2D eigenvalue weighted by atomic mass is 9.92. The quantitative estimate of drug-likeness (QED) is 0.603. The molecule has 1 amide bonds. The van der Waals surface area contributed by atoms with Crippen molar-refractivity contribution in [3.63, 3.8) is 0 Å². The van der Waals surface area contributed by atoms with E-state index in [1.54, 1.807) is 17.8 Å². The molecule has 31 heavy (non-hydrogen) atoms. The average Bonchev–Trinajstić information content (AvgIpc) is 3.24.